The summed E-state index contributed by atoms with van der Waals surface area (Å²) < 4.78 is 5.83. The quantitative estimate of drug-likeness (QED) is 0.757. The molecule has 0 amide bonds. The summed E-state index contributed by atoms with van der Waals surface area (Å²) in [5, 5.41) is 13.2. The Labute approximate surface area is 99.6 Å². The summed E-state index contributed by atoms with van der Waals surface area (Å²) in [4.78, 5) is 0. The predicted molar refractivity (Wildman–Crippen MR) is 66.5 cm³/mol. The fourth-order valence-electron chi connectivity index (χ4n) is 2.34. The van der Waals surface area contributed by atoms with Crippen LogP contribution in [0.4, 0.5) is 0 Å². The summed E-state index contributed by atoms with van der Waals surface area (Å²) in [5.74, 6) is 0.610. The molecule has 1 fully saturated rings. The van der Waals surface area contributed by atoms with Gasteiger partial charge in [0.05, 0.1) is 12.2 Å². The molecule has 2 N–H and O–H groups in total. The third-order valence-electron chi connectivity index (χ3n) is 3.68. The Kier molecular flexibility index (Phi) is 4.77. The van der Waals surface area contributed by atoms with Crippen LogP contribution in [0, 0.1) is 5.92 Å². The number of aliphatic hydroxyl groups is 1. The van der Waals surface area contributed by atoms with Crippen molar-refractivity contribution >= 4 is 0 Å². The van der Waals surface area contributed by atoms with Crippen LogP contribution in [0.3, 0.4) is 0 Å². The van der Waals surface area contributed by atoms with Crippen molar-refractivity contribution in [1.82, 2.24) is 5.32 Å². The monoisotopic (exact) mass is 229 g/mol. The van der Waals surface area contributed by atoms with Crippen molar-refractivity contribution in [1.29, 1.82) is 0 Å². The maximum atomic E-state index is 9.66. The van der Waals surface area contributed by atoms with Crippen LogP contribution in [-0.2, 0) is 4.74 Å². The van der Waals surface area contributed by atoms with Crippen LogP contribution in [-0.4, -0.2) is 36.0 Å². The normalized spacial score (nSPS) is 35.6. The van der Waals surface area contributed by atoms with E-state index >= 15 is 0 Å². The van der Waals surface area contributed by atoms with Crippen LogP contribution < -0.4 is 5.32 Å². The van der Waals surface area contributed by atoms with Crippen molar-refractivity contribution < 1.29 is 9.84 Å². The summed E-state index contributed by atoms with van der Waals surface area (Å²) in [6.07, 6.45) is 2.81. The van der Waals surface area contributed by atoms with Crippen molar-refractivity contribution in [2.75, 3.05) is 19.8 Å². The second-order valence-corrected chi connectivity index (χ2v) is 5.79. The van der Waals surface area contributed by atoms with Crippen molar-refractivity contribution in [3.63, 3.8) is 0 Å². The zero-order valence-electron chi connectivity index (χ0n) is 11.2. The lowest BCUT2D eigenvalue weighted by Crippen LogP contribution is -2.58. The number of rotatable bonds is 5. The van der Waals surface area contributed by atoms with Crippen molar-refractivity contribution in [2.24, 2.45) is 5.92 Å². The molecule has 0 aromatic rings. The Morgan fingerprint density at radius 1 is 1.44 bits per heavy atom. The number of ether oxygens (including phenoxy) is 1. The zero-order chi connectivity index (χ0) is 12.2. The molecule has 1 heterocycles. The van der Waals surface area contributed by atoms with Crippen molar-refractivity contribution in [3.8, 4) is 0 Å². The van der Waals surface area contributed by atoms with E-state index in [0.29, 0.717) is 5.92 Å². The van der Waals surface area contributed by atoms with Gasteiger partial charge in [-0.25, -0.2) is 0 Å². The van der Waals surface area contributed by atoms with Gasteiger partial charge in [-0.05, 0) is 38.6 Å². The second kappa shape index (κ2) is 5.48. The molecule has 1 saturated heterocycles. The van der Waals surface area contributed by atoms with Gasteiger partial charge in [-0.1, -0.05) is 20.8 Å². The number of hydrogen-bond donors (Lipinski definition) is 2. The molecule has 1 aliphatic rings. The van der Waals surface area contributed by atoms with Crippen LogP contribution in [0.15, 0.2) is 0 Å². The molecule has 1 rings (SSSR count). The van der Waals surface area contributed by atoms with Gasteiger partial charge >= 0.3 is 0 Å². The van der Waals surface area contributed by atoms with Crippen LogP contribution >= 0.6 is 0 Å². The molecule has 0 aromatic heterocycles. The van der Waals surface area contributed by atoms with Gasteiger partial charge in [0, 0.05) is 12.1 Å². The molecule has 0 bridgehead atoms. The Hall–Kier alpha value is -0.120. The zero-order valence-corrected chi connectivity index (χ0v) is 11.2. The maximum absolute atomic E-state index is 9.66. The minimum absolute atomic E-state index is 0.0784. The molecule has 3 heteroatoms. The minimum Gasteiger partial charge on any atom is -0.394 e. The van der Waals surface area contributed by atoms with Crippen LogP contribution in [0.1, 0.15) is 47.0 Å². The Morgan fingerprint density at radius 3 is 2.62 bits per heavy atom. The van der Waals surface area contributed by atoms with Gasteiger partial charge in [0.1, 0.15) is 0 Å². The second-order valence-electron chi connectivity index (χ2n) is 5.79. The van der Waals surface area contributed by atoms with Crippen molar-refractivity contribution in [3.05, 3.63) is 0 Å². The third-order valence-corrected chi connectivity index (χ3v) is 3.68. The molecule has 16 heavy (non-hydrogen) atoms. The van der Waals surface area contributed by atoms with Crippen LogP contribution in [0.25, 0.3) is 0 Å². The lowest BCUT2D eigenvalue weighted by atomic mass is 9.79. The highest BCUT2D eigenvalue weighted by Crippen LogP contribution is 2.34. The maximum Gasteiger partial charge on any atom is 0.0670 e. The molecule has 0 aromatic carbocycles. The summed E-state index contributed by atoms with van der Waals surface area (Å²) in [6.45, 7) is 10.6. The highest BCUT2D eigenvalue weighted by Gasteiger charge is 2.41. The molecule has 0 saturated carbocycles. The van der Waals surface area contributed by atoms with Gasteiger partial charge in [-0.15, -0.1) is 0 Å². The number of aliphatic hydroxyl groups excluding tert-OH is 1. The van der Waals surface area contributed by atoms with E-state index in [1.807, 2.05) is 0 Å². The molecule has 96 valence electrons. The lowest BCUT2D eigenvalue weighted by Gasteiger charge is -2.46. The summed E-state index contributed by atoms with van der Waals surface area (Å²) in [5.41, 5.74) is -0.210. The van der Waals surface area contributed by atoms with Gasteiger partial charge in [0.25, 0.3) is 0 Å². The van der Waals surface area contributed by atoms with Gasteiger partial charge in [0.15, 0.2) is 0 Å². The molecule has 0 radical (unpaired) electrons. The SMILES string of the molecule is CCC1(C)CC(CO)(NCC(C)C)CCO1. The van der Waals surface area contributed by atoms with E-state index in [-0.39, 0.29) is 17.7 Å². The largest absolute Gasteiger partial charge is 0.394 e. The predicted octanol–water partition coefficient (Wildman–Crippen LogP) is 1.94. The van der Waals surface area contributed by atoms with Crippen LogP contribution in [0.5, 0.6) is 0 Å². The molecule has 1 aliphatic heterocycles. The first-order valence-electron chi connectivity index (χ1n) is 6.45. The first-order valence-corrected chi connectivity index (χ1v) is 6.45. The van der Waals surface area contributed by atoms with Gasteiger partial charge in [-0.3, -0.25) is 0 Å². The van der Waals surface area contributed by atoms with E-state index in [9.17, 15) is 5.11 Å². The van der Waals surface area contributed by atoms with E-state index < -0.39 is 0 Å². The molecular formula is C13H27NO2. The average molecular weight is 229 g/mol. The van der Waals surface area contributed by atoms with Crippen LogP contribution in [0.2, 0.25) is 0 Å². The highest BCUT2D eigenvalue weighted by molar-refractivity contribution is 4.97. The Balaban J connectivity index is 2.64. The molecule has 0 spiro atoms. The molecular weight excluding hydrogens is 202 g/mol. The van der Waals surface area contributed by atoms with Gasteiger partial charge in [-0.2, -0.15) is 0 Å². The van der Waals surface area contributed by atoms with E-state index in [4.69, 9.17) is 4.74 Å². The number of nitrogens with one attached hydrogen (secondary N) is 1. The fourth-order valence-corrected chi connectivity index (χ4v) is 2.34. The summed E-state index contributed by atoms with van der Waals surface area (Å²) >= 11 is 0. The number of hydrogen-bond acceptors (Lipinski definition) is 3. The molecule has 3 nitrogen and oxygen atoms in total. The topological polar surface area (TPSA) is 41.5 Å². The van der Waals surface area contributed by atoms with E-state index in [1.165, 1.54) is 0 Å². The highest BCUT2D eigenvalue weighted by atomic mass is 16.5. The molecule has 2 unspecified atom stereocenters. The molecule has 0 aliphatic carbocycles. The Bertz CT molecular complexity index is 220. The Morgan fingerprint density at radius 2 is 2.12 bits per heavy atom. The minimum atomic E-state index is -0.132. The molecule has 2 atom stereocenters. The van der Waals surface area contributed by atoms with Gasteiger partial charge in [0.2, 0.25) is 0 Å². The van der Waals surface area contributed by atoms with Gasteiger partial charge < -0.3 is 15.2 Å². The standard InChI is InChI=1S/C13H27NO2/c1-5-12(4)9-13(10-15,6-7-16-12)14-8-11(2)3/h11,14-15H,5-10H2,1-4H3. The van der Waals surface area contributed by atoms with E-state index in [2.05, 4.69) is 33.0 Å². The summed E-state index contributed by atoms with van der Waals surface area (Å²) in [6, 6.07) is 0. The summed E-state index contributed by atoms with van der Waals surface area (Å²) in [7, 11) is 0. The first kappa shape index (κ1) is 13.9. The van der Waals surface area contributed by atoms with Crippen molar-refractivity contribution in [2.45, 2.75) is 58.1 Å². The average Bonchev–Trinajstić information content (AvgIpc) is 2.27. The first-order chi connectivity index (χ1) is 7.45. The fraction of sp³-hybridized carbons (Fsp3) is 1.00. The van der Waals surface area contributed by atoms with E-state index in [0.717, 1.165) is 32.4 Å². The smallest absolute Gasteiger partial charge is 0.0670 e. The lowest BCUT2D eigenvalue weighted by molar-refractivity contribution is -0.111. The third kappa shape index (κ3) is 3.44. The van der Waals surface area contributed by atoms with E-state index in [1.54, 1.807) is 0 Å².